The van der Waals surface area contributed by atoms with Gasteiger partial charge in [0.2, 0.25) is 6.29 Å². The summed E-state index contributed by atoms with van der Waals surface area (Å²) in [7, 11) is 0. The fourth-order valence-electron chi connectivity index (χ4n) is 1.97. The van der Waals surface area contributed by atoms with Crippen LogP contribution in [-0.2, 0) is 9.47 Å². The van der Waals surface area contributed by atoms with Crippen molar-refractivity contribution in [2.24, 2.45) is 0 Å². The molecule has 3 rings (SSSR count). The van der Waals surface area contributed by atoms with E-state index in [4.69, 9.17) is 9.47 Å². The van der Waals surface area contributed by atoms with E-state index in [1.165, 1.54) is 12.1 Å². The summed E-state index contributed by atoms with van der Waals surface area (Å²) >= 11 is 0. The van der Waals surface area contributed by atoms with Crippen molar-refractivity contribution < 1.29 is 14.4 Å². The number of nitro benzene ring substituents is 1. The summed E-state index contributed by atoms with van der Waals surface area (Å²) < 4.78 is 12.5. The highest BCUT2D eigenvalue weighted by molar-refractivity contribution is 5.43. The molecule has 2 aromatic rings. The van der Waals surface area contributed by atoms with Crippen molar-refractivity contribution in [2.45, 2.75) is 6.29 Å². The number of ether oxygens (including phenoxy) is 2. The van der Waals surface area contributed by atoms with Gasteiger partial charge in [0.05, 0.1) is 23.8 Å². The van der Waals surface area contributed by atoms with Gasteiger partial charge >= 0.3 is 0 Å². The summed E-state index contributed by atoms with van der Waals surface area (Å²) in [5, 5.41) is 10.8. The van der Waals surface area contributed by atoms with E-state index in [0.717, 1.165) is 0 Å². The molecule has 0 aliphatic carbocycles. The molecule has 1 fully saturated rings. The maximum Gasteiger partial charge on any atom is 0.271 e. The van der Waals surface area contributed by atoms with Crippen molar-refractivity contribution >= 4 is 5.69 Å². The number of benzene rings is 1. The molecular formula is C12H11N3O4. The lowest BCUT2D eigenvalue weighted by Gasteiger charge is -2.11. The molecule has 0 unspecified atom stereocenters. The highest BCUT2D eigenvalue weighted by Gasteiger charge is 2.23. The average Bonchev–Trinajstić information content (AvgIpc) is 3.09. The first kappa shape index (κ1) is 11.8. The fraction of sp³-hybridized carbons (Fsp3) is 0.250. The van der Waals surface area contributed by atoms with Gasteiger partial charge in [0.25, 0.3) is 5.69 Å². The van der Waals surface area contributed by atoms with Crippen molar-refractivity contribution in [3.8, 4) is 5.69 Å². The van der Waals surface area contributed by atoms with Gasteiger partial charge in [0.15, 0.2) is 5.82 Å². The number of non-ortho nitro benzene ring substituents is 1. The van der Waals surface area contributed by atoms with Crippen LogP contribution in [0.1, 0.15) is 12.1 Å². The van der Waals surface area contributed by atoms with Crippen LogP contribution in [0, 0.1) is 10.1 Å². The number of rotatable bonds is 3. The Labute approximate surface area is 108 Å². The van der Waals surface area contributed by atoms with Crippen molar-refractivity contribution in [2.75, 3.05) is 13.2 Å². The number of nitro groups is 1. The molecule has 7 heteroatoms. The lowest BCUT2D eigenvalue weighted by molar-refractivity contribution is -0.384. The van der Waals surface area contributed by atoms with E-state index in [0.29, 0.717) is 24.7 Å². The smallest absolute Gasteiger partial charge is 0.271 e. The maximum absolute atomic E-state index is 10.8. The highest BCUT2D eigenvalue weighted by Crippen LogP contribution is 2.25. The van der Waals surface area contributed by atoms with Crippen LogP contribution in [-0.4, -0.2) is 27.7 Å². The third kappa shape index (κ3) is 2.20. The Morgan fingerprint density at radius 2 is 2.16 bits per heavy atom. The maximum atomic E-state index is 10.8. The van der Waals surface area contributed by atoms with Gasteiger partial charge in [-0.2, -0.15) is 0 Å². The number of nitrogens with zero attached hydrogens (tertiary/aromatic N) is 3. The van der Waals surface area contributed by atoms with Crippen LogP contribution in [0.4, 0.5) is 5.69 Å². The second kappa shape index (κ2) is 4.79. The molecule has 1 aromatic carbocycles. The third-order valence-corrected chi connectivity index (χ3v) is 2.82. The van der Waals surface area contributed by atoms with Gasteiger partial charge in [0, 0.05) is 24.5 Å². The molecule has 0 atom stereocenters. The highest BCUT2D eigenvalue weighted by atomic mass is 16.7. The van der Waals surface area contributed by atoms with Gasteiger partial charge in [-0.25, -0.2) is 4.98 Å². The molecule has 0 N–H and O–H groups in total. The van der Waals surface area contributed by atoms with Crippen molar-refractivity contribution in [3.63, 3.8) is 0 Å². The first-order chi connectivity index (χ1) is 9.25. The van der Waals surface area contributed by atoms with Crippen LogP contribution in [0.3, 0.4) is 0 Å². The quantitative estimate of drug-likeness (QED) is 0.622. The number of hydrogen-bond donors (Lipinski definition) is 0. The van der Waals surface area contributed by atoms with Gasteiger partial charge in [-0.1, -0.05) is 6.07 Å². The fourth-order valence-corrected chi connectivity index (χ4v) is 1.97. The Morgan fingerprint density at radius 1 is 1.37 bits per heavy atom. The molecule has 0 saturated carbocycles. The Balaban J connectivity index is 2.00. The van der Waals surface area contributed by atoms with Gasteiger partial charge in [0.1, 0.15) is 0 Å². The molecule has 1 saturated heterocycles. The Hall–Kier alpha value is -2.25. The molecule has 1 aromatic heterocycles. The van der Waals surface area contributed by atoms with Gasteiger partial charge in [-0.05, 0) is 6.07 Å². The van der Waals surface area contributed by atoms with Crippen LogP contribution in [0.25, 0.3) is 5.69 Å². The van der Waals surface area contributed by atoms with E-state index in [2.05, 4.69) is 4.98 Å². The van der Waals surface area contributed by atoms with E-state index in [1.54, 1.807) is 29.1 Å². The Bertz CT molecular complexity index is 605. The first-order valence-corrected chi connectivity index (χ1v) is 5.77. The predicted molar refractivity (Wildman–Crippen MR) is 64.9 cm³/mol. The molecule has 1 aliphatic rings. The van der Waals surface area contributed by atoms with Crippen molar-refractivity contribution in [3.05, 3.63) is 52.6 Å². The molecule has 2 heterocycles. The van der Waals surface area contributed by atoms with Crippen LogP contribution < -0.4 is 0 Å². The lowest BCUT2D eigenvalue weighted by atomic mass is 10.3. The monoisotopic (exact) mass is 261 g/mol. The van der Waals surface area contributed by atoms with Crippen LogP contribution in [0.5, 0.6) is 0 Å². The summed E-state index contributed by atoms with van der Waals surface area (Å²) in [6.45, 7) is 1.04. The van der Waals surface area contributed by atoms with E-state index < -0.39 is 11.2 Å². The minimum absolute atomic E-state index is 0.0328. The van der Waals surface area contributed by atoms with Crippen LogP contribution >= 0.6 is 0 Å². The van der Waals surface area contributed by atoms with Crippen molar-refractivity contribution in [1.82, 2.24) is 9.55 Å². The molecule has 0 bridgehead atoms. The zero-order valence-electron chi connectivity index (χ0n) is 9.93. The standard InChI is InChI=1S/C12H11N3O4/c16-15(17)10-3-1-2-9(8-10)14-5-4-13-11(14)12-18-6-7-19-12/h1-5,8,12H,6-7H2. The number of aromatic nitrogens is 2. The molecule has 19 heavy (non-hydrogen) atoms. The summed E-state index contributed by atoms with van der Waals surface area (Å²) in [6.07, 6.45) is 2.81. The largest absolute Gasteiger partial charge is 0.343 e. The topological polar surface area (TPSA) is 79.4 Å². The number of hydrogen-bond acceptors (Lipinski definition) is 5. The lowest BCUT2D eigenvalue weighted by Crippen LogP contribution is -2.08. The molecule has 0 spiro atoms. The average molecular weight is 261 g/mol. The van der Waals surface area contributed by atoms with Gasteiger partial charge in [-0.15, -0.1) is 0 Å². The van der Waals surface area contributed by atoms with E-state index >= 15 is 0 Å². The summed E-state index contributed by atoms with van der Waals surface area (Å²) in [6, 6.07) is 6.34. The Morgan fingerprint density at radius 3 is 2.89 bits per heavy atom. The van der Waals surface area contributed by atoms with E-state index in [9.17, 15) is 10.1 Å². The van der Waals surface area contributed by atoms with E-state index in [1.807, 2.05) is 0 Å². The third-order valence-electron chi connectivity index (χ3n) is 2.82. The molecule has 7 nitrogen and oxygen atoms in total. The van der Waals surface area contributed by atoms with Gasteiger partial charge < -0.3 is 9.47 Å². The molecule has 0 radical (unpaired) electrons. The minimum Gasteiger partial charge on any atom is -0.343 e. The molecule has 0 amide bonds. The zero-order chi connectivity index (χ0) is 13.2. The Kier molecular flexibility index (Phi) is 2.98. The normalized spacial score (nSPS) is 15.8. The van der Waals surface area contributed by atoms with Gasteiger partial charge in [-0.3, -0.25) is 14.7 Å². The summed E-state index contributed by atoms with van der Waals surface area (Å²) in [5.41, 5.74) is 0.686. The summed E-state index contributed by atoms with van der Waals surface area (Å²) in [4.78, 5) is 14.6. The van der Waals surface area contributed by atoms with Crippen LogP contribution in [0.2, 0.25) is 0 Å². The predicted octanol–water partition coefficient (Wildman–Crippen LogP) is 1.83. The van der Waals surface area contributed by atoms with E-state index in [-0.39, 0.29) is 5.69 Å². The molecular weight excluding hydrogens is 250 g/mol. The molecule has 98 valence electrons. The van der Waals surface area contributed by atoms with Crippen molar-refractivity contribution in [1.29, 1.82) is 0 Å². The van der Waals surface area contributed by atoms with Crippen LogP contribution in [0.15, 0.2) is 36.7 Å². The molecule has 1 aliphatic heterocycles. The zero-order valence-corrected chi connectivity index (χ0v) is 9.93. The SMILES string of the molecule is O=[N+]([O-])c1cccc(-n2ccnc2C2OCCO2)c1. The first-order valence-electron chi connectivity index (χ1n) is 5.77. The minimum atomic E-state index is -0.519. The number of imidazole rings is 1. The second-order valence-electron chi connectivity index (χ2n) is 4.01. The summed E-state index contributed by atoms with van der Waals surface area (Å²) in [5.74, 6) is 0.581. The second-order valence-corrected chi connectivity index (χ2v) is 4.01.